The molecule has 2 N–H and O–H groups in total. The number of nitrogens with one attached hydrogen (secondary N) is 1. The Morgan fingerprint density at radius 2 is 2.24 bits per heavy atom. The van der Waals surface area contributed by atoms with Crippen LogP contribution in [0.3, 0.4) is 0 Å². The van der Waals surface area contributed by atoms with Crippen molar-refractivity contribution in [3.05, 3.63) is 29.6 Å². The molecule has 1 atom stereocenters. The largest absolute Gasteiger partial charge is 0.396 e. The van der Waals surface area contributed by atoms with Crippen LogP contribution in [0, 0.1) is 11.7 Å². The maximum absolute atomic E-state index is 14.4. The maximum atomic E-state index is 14.4. The number of hydrogen-bond acceptors (Lipinski definition) is 3. The third kappa shape index (κ3) is 4.68. The zero-order valence-electron chi connectivity index (χ0n) is 13.1. The van der Waals surface area contributed by atoms with Crippen molar-refractivity contribution in [2.24, 2.45) is 5.92 Å². The van der Waals surface area contributed by atoms with Crippen LogP contribution < -0.4 is 10.2 Å². The van der Waals surface area contributed by atoms with E-state index in [1.807, 2.05) is 12.1 Å². The highest BCUT2D eigenvalue weighted by molar-refractivity contribution is 5.49. The molecule has 1 aromatic rings. The van der Waals surface area contributed by atoms with E-state index < -0.39 is 0 Å². The van der Waals surface area contributed by atoms with Gasteiger partial charge in [0.25, 0.3) is 0 Å². The lowest BCUT2D eigenvalue weighted by molar-refractivity contribution is 0.244. The number of aliphatic hydroxyl groups excluding tert-OH is 1. The quantitative estimate of drug-likeness (QED) is 0.847. The van der Waals surface area contributed by atoms with Gasteiger partial charge in [-0.05, 0) is 42.9 Å². The standard InChI is InChI=1S/C17H27FN2O/c1-13(2)19-11-15-5-6-17(16(18)10-15)20-8-3-4-14(12-20)7-9-21/h5-6,10,13-14,19,21H,3-4,7-9,11-12H2,1-2H3. The molecule has 0 bridgehead atoms. The summed E-state index contributed by atoms with van der Waals surface area (Å²) >= 11 is 0. The monoisotopic (exact) mass is 294 g/mol. The molecular weight excluding hydrogens is 267 g/mol. The van der Waals surface area contributed by atoms with Crippen LogP contribution in [0.15, 0.2) is 18.2 Å². The van der Waals surface area contributed by atoms with Crippen LogP contribution in [0.1, 0.15) is 38.7 Å². The fourth-order valence-corrected chi connectivity index (χ4v) is 2.94. The summed E-state index contributed by atoms with van der Waals surface area (Å²) in [5.41, 5.74) is 1.68. The molecule has 0 radical (unpaired) electrons. The molecule has 0 aliphatic carbocycles. The van der Waals surface area contributed by atoms with E-state index in [1.165, 1.54) is 0 Å². The second-order valence-electron chi connectivity index (χ2n) is 6.29. The van der Waals surface area contributed by atoms with Crippen molar-refractivity contribution in [1.29, 1.82) is 0 Å². The molecule has 0 amide bonds. The summed E-state index contributed by atoms with van der Waals surface area (Å²) in [5.74, 6) is 0.341. The Labute approximate surface area is 127 Å². The predicted octanol–water partition coefficient (Wildman–Crippen LogP) is 2.92. The average Bonchev–Trinajstić information content (AvgIpc) is 2.46. The van der Waals surface area contributed by atoms with E-state index in [4.69, 9.17) is 5.11 Å². The van der Waals surface area contributed by atoms with Gasteiger partial charge in [0.1, 0.15) is 5.82 Å². The molecule has 1 heterocycles. The lowest BCUT2D eigenvalue weighted by Crippen LogP contribution is -2.36. The molecule has 2 rings (SSSR count). The second kappa shape index (κ2) is 7.76. The first-order valence-electron chi connectivity index (χ1n) is 7.97. The van der Waals surface area contributed by atoms with Gasteiger partial charge < -0.3 is 15.3 Å². The van der Waals surface area contributed by atoms with Crippen molar-refractivity contribution in [3.63, 3.8) is 0 Å². The fraction of sp³-hybridized carbons (Fsp3) is 0.647. The van der Waals surface area contributed by atoms with Crippen molar-refractivity contribution < 1.29 is 9.50 Å². The SMILES string of the molecule is CC(C)NCc1ccc(N2CCCC(CCO)C2)c(F)c1. The Hall–Kier alpha value is -1.13. The van der Waals surface area contributed by atoms with Gasteiger partial charge in [-0.2, -0.15) is 0 Å². The van der Waals surface area contributed by atoms with Gasteiger partial charge in [-0.15, -0.1) is 0 Å². The molecule has 0 spiro atoms. The molecular formula is C17H27FN2O. The van der Waals surface area contributed by atoms with Crippen LogP contribution in [-0.2, 0) is 6.54 Å². The van der Waals surface area contributed by atoms with E-state index in [0.29, 0.717) is 24.2 Å². The van der Waals surface area contributed by atoms with Crippen LogP contribution in [0.4, 0.5) is 10.1 Å². The number of aliphatic hydroxyl groups is 1. The molecule has 118 valence electrons. The normalized spacial score (nSPS) is 19.3. The van der Waals surface area contributed by atoms with Gasteiger partial charge in [-0.3, -0.25) is 0 Å². The van der Waals surface area contributed by atoms with E-state index in [2.05, 4.69) is 24.1 Å². The minimum atomic E-state index is -0.136. The van der Waals surface area contributed by atoms with E-state index in [-0.39, 0.29) is 12.4 Å². The van der Waals surface area contributed by atoms with Crippen LogP contribution in [0.2, 0.25) is 0 Å². The molecule has 1 saturated heterocycles. The fourth-order valence-electron chi connectivity index (χ4n) is 2.94. The summed E-state index contributed by atoms with van der Waals surface area (Å²) < 4.78 is 14.4. The number of piperidine rings is 1. The molecule has 0 saturated carbocycles. The highest BCUT2D eigenvalue weighted by atomic mass is 19.1. The van der Waals surface area contributed by atoms with Crippen LogP contribution in [0.25, 0.3) is 0 Å². The third-order valence-corrected chi connectivity index (χ3v) is 4.12. The lowest BCUT2D eigenvalue weighted by Gasteiger charge is -2.34. The van der Waals surface area contributed by atoms with Crippen LogP contribution >= 0.6 is 0 Å². The van der Waals surface area contributed by atoms with Crippen molar-refractivity contribution in [1.82, 2.24) is 5.32 Å². The van der Waals surface area contributed by atoms with Crippen molar-refractivity contribution in [2.45, 2.75) is 45.7 Å². The van der Waals surface area contributed by atoms with Gasteiger partial charge in [0.2, 0.25) is 0 Å². The Morgan fingerprint density at radius 3 is 2.90 bits per heavy atom. The number of rotatable bonds is 6. The minimum Gasteiger partial charge on any atom is -0.396 e. The molecule has 1 aliphatic rings. The van der Waals surface area contributed by atoms with Crippen molar-refractivity contribution in [2.75, 3.05) is 24.6 Å². The van der Waals surface area contributed by atoms with Crippen LogP contribution in [-0.4, -0.2) is 30.8 Å². The number of hydrogen-bond donors (Lipinski definition) is 2. The van der Waals surface area contributed by atoms with Gasteiger partial charge in [0, 0.05) is 32.3 Å². The number of nitrogens with zero attached hydrogens (tertiary/aromatic N) is 1. The van der Waals surface area contributed by atoms with Crippen LogP contribution in [0.5, 0.6) is 0 Å². The Kier molecular flexibility index (Phi) is 6.00. The number of benzene rings is 1. The highest BCUT2D eigenvalue weighted by Crippen LogP contribution is 2.27. The average molecular weight is 294 g/mol. The molecule has 1 aromatic carbocycles. The number of anilines is 1. The number of halogens is 1. The Bertz CT molecular complexity index is 448. The Balaban J connectivity index is 2.02. The first-order chi connectivity index (χ1) is 10.1. The molecule has 1 fully saturated rings. The predicted molar refractivity (Wildman–Crippen MR) is 85.0 cm³/mol. The molecule has 3 nitrogen and oxygen atoms in total. The summed E-state index contributed by atoms with van der Waals surface area (Å²) in [6.45, 7) is 6.84. The smallest absolute Gasteiger partial charge is 0.146 e. The highest BCUT2D eigenvalue weighted by Gasteiger charge is 2.21. The maximum Gasteiger partial charge on any atom is 0.146 e. The van der Waals surface area contributed by atoms with E-state index in [0.717, 1.165) is 37.9 Å². The molecule has 0 aromatic heterocycles. The van der Waals surface area contributed by atoms with E-state index >= 15 is 0 Å². The Morgan fingerprint density at radius 1 is 1.43 bits per heavy atom. The third-order valence-electron chi connectivity index (χ3n) is 4.12. The summed E-state index contributed by atoms with van der Waals surface area (Å²) in [5, 5.41) is 12.4. The molecule has 21 heavy (non-hydrogen) atoms. The summed E-state index contributed by atoms with van der Waals surface area (Å²) in [7, 11) is 0. The first-order valence-corrected chi connectivity index (χ1v) is 7.97. The van der Waals surface area contributed by atoms with Gasteiger partial charge in [0.15, 0.2) is 0 Å². The van der Waals surface area contributed by atoms with Crippen molar-refractivity contribution >= 4 is 5.69 Å². The summed E-state index contributed by atoms with van der Waals surface area (Å²) in [4.78, 5) is 2.12. The van der Waals surface area contributed by atoms with E-state index in [9.17, 15) is 4.39 Å². The van der Waals surface area contributed by atoms with Crippen molar-refractivity contribution in [3.8, 4) is 0 Å². The lowest BCUT2D eigenvalue weighted by atomic mass is 9.94. The summed E-state index contributed by atoms with van der Waals surface area (Å²) in [6.07, 6.45) is 3.02. The molecule has 4 heteroatoms. The first kappa shape index (κ1) is 16.2. The minimum absolute atomic E-state index is 0.136. The second-order valence-corrected chi connectivity index (χ2v) is 6.29. The zero-order chi connectivity index (χ0) is 15.2. The van der Waals surface area contributed by atoms with Gasteiger partial charge in [0.05, 0.1) is 5.69 Å². The topological polar surface area (TPSA) is 35.5 Å². The van der Waals surface area contributed by atoms with Gasteiger partial charge in [-0.1, -0.05) is 19.9 Å². The summed E-state index contributed by atoms with van der Waals surface area (Å²) in [6, 6.07) is 5.94. The van der Waals surface area contributed by atoms with E-state index in [1.54, 1.807) is 6.07 Å². The zero-order valence-corrected chi connectivity index (χ0v) is 13.1. The molecule has 1 aliphatic heterocycles. The van der Waals surface area contributed by atoms with Gasteiger partial charge >= 0.3 is 0 Å². The van der Waals surface area contributed by atoms with Gasteiger partial charge in [-0.25, -0.2) is 4.39 Å². The molecule has 1 unspecified atom stereocenters.